The highest BCUT2D eigenvalue weighted by atomic mass is 32.2. The van der Waals surface area contributed by atoms with Crippen molar-refractivity contribution in [1.82, 2.24) is 10.2 Å². The summed E-state index contributed by atoms with van der Waals surface area (Å²) in [6, 6.07) is 13.6. The van der Waals surface area contributed by atoms with E-state index in [1.54, 1.807) is 42.5 Å². The maximum Gasteiger partial charge on any atom is 0.285 e. The van der Waals surface area contributed by atoms with Crippen LogP contribution in [-0.2, 0) is 14.8 Å². The molecule has 2 atom stereocenters. The summed E-state index contributed by atoms with van der Waals surface area (Å²) >= 11 is 0. The number of carbonyl (C=O) groups excluding carboxylic acids is 1. The number of carbonyl (C=O) groups is 1. The lowest BCUT2D eigenvalue weighted by Crippen LogP contribution is -2.47. The molecule has 0 aromatic heterocycles. The highest BCUT2D eigenvalue weighted by Gasteiger charge is 2.28. The van der Waals surface area contributed by atoms with Gasteiger partial charge in [0.25, 0.3) is 15.9 Å². The van der Waals surface area contributed by atoms with Crippen LogP contribution in [0.5, 0.6) is 0 Å². The minimum Gasteiger partial charge on any atom is -0.373 e. The maximum atomic E-state index is 12.4. The average Bonchev–Trinajstić information content (AvgIpc) is 2.98. The van der Waals surface area contributed by atoms with Crippen LogP contribution in [0.2, 0.25) is 0 Å². The molecular formula is C22H26N4O4S. The minimum atomic E-state index is -3.67. The molecule has 0 unspecified atom stereocenters. The van der Waals surface area contributed by atoms with Crippen molar-refractivity contribution in [2.45, 2.75) is 31.0 Å². The fourth-order valence-electron chi connectivity index (χ4n) is 3.93. The molecule has 0 saturated carbocycles. The zero-order valence-electron chi connectivity index (χ0n) is 17.5. The Kier molecular flexibility index (Phi) is 6.08. The Bertz CT molecular complexity index is 1090. The molecule has 4 rings (SSSR count). The fraction of sp³-hybridized carbons (Fsp3) is 0.364. The normalized spacial score (nSPS) is 22.5. The number of amidine groups is 1. The summed E-state index contributed by atoms with van der Waals surface area (Å²) in [5, 5.41) is 5.98. The molecule has 0 radical (unpaired) electrons. The molecule has 2 N–H and O–H groups in total. The molecule has 1 amide bonds. The Balaban J connectivity index is 1.33. The molecule has 2 aliphatic rings. The van der Waals surface area contributed by atoms with Crippen molar-refractivity contribution in [3.8, 4) is 0 Å². The lowest BCUT2D eigenvalue weighted by atomic mass is 10.1. The molecule has 31 heavy (non-hydrogen) atoms. The predicted octanol–water partition coefficient (Wildman–Crippen LogP) is 2.09. The molecule has 8 nitrogen and oxygen atoms in total. The van der Waals surface area contributed by atoms with E-state index >= 15 is 0 Å². The molecule has 0 spiro atoms. The molecule has 1 fully saturated rings. The Hall–Kier alpha value is -2.75. The lowest BCUT2D eigenvalue weighted by molar-refractivity contribution is -0.0672. The van der Waals surface area contributed by atoms with Gasteiger partial charge in [-0.15, -0.1) is 4.40 Å². The quantitative estimate of drug-likeness (QED) is 0.736. The number of morpholine rings is 1. The van der Waals surface area contributed by atoms with Gasteiger partial charge < -0.3 is 15.4 Å². The van der Waals surface area contributed by atoms with Crippen molar-refractivity contribution >= 4 is 27.5 Å². The van der Waals surface area contributed by atoms with E-state index in [1.165, 1.54) is 6.07 Å². The number of amides is 1. The van der Waals surface area contributed by atoms with Gasteiger partial charge >= 0.3 is 0 Å². The SMILES string of the molecule is C[C@@H]1CN(CCNC(=O)c2ccc(NC3=NS(=O)(=O)c4ccccc43)cc2)C[C@H](C)O1. The van der Waals surface area contributed by atoms with Crippen LogP contribution in [-0.4, -0.2) is 63.4 Å². The van der Waals surface area contributed by atoms with Gasteiger partial charge in [0.1, 0.15) is 4.90 Å². The number of fused-ring (bicyclic) bond motifs is 1. The monoisotopic (exact) mass is 442 g/mol. The van der Waals surface area contributed by atoms with Crippen LogP contribution in [0.4, 0.5) is 5.69 Å². The van der Waals surface area contributed by atoms with E-state index < -0.39 is 10.0 Å². The first kappa shape index (κ1) is 21.5. The van der Waals surface area contributed by atoms with Gasteiger partial charge in [-0.1, -0.05) is 12.1 Å². The Morgan fingerprint density at radius 2 is 1.77 bits per heavy atom. The molecule has 2 aliphatic heterocycles. The lowest BCUT2D eigenvalue weighted by Gasteiger charge is -2.35. The predicted molar refractivity (Wildman–Crippen MR) is 119 cm³/mol. The van der Waals surface area contributed by atoms with Gasteiger partial charge in [-0.25, -0.2) is 0 Å². The largest absolute Gasteiger partial charge is 0.373 e. The number of nitrogens with one attached hydrogen (secondary N) is 2. The summed E-state index contributed by atoms with van der Waals surface area (Å²) in [6.45, 7) is 7.18. The second-order valence-corrected chi connectivity index (χ2v) is 9.46. The standard InChI is InChI=1S/C22H26N4O4S/c1-15-13-26(14-16(2)30-15)12-11-23-22(27)17-7-9-18(10-8-17)24-21-19-5-3-4-6-20(19)31(28,29)25-21/h3-10,15-16H,11-14H2,1-2H3,(H,23,27)(H,24,25)/t15-,16+. The summed E-state index contributed by atoms with van der Waals surface area (Å²) in [4.78, 5) is 14.9. The third-order valence-electron chi connectivity index (χ3n) is 5.25. The molecule has 2 aromatic rings. The first-order valence-electron chi connectivity index (χ1n) is 10.3. The van der Waals surface area contributed by atoms with E-state index in [0.29, 0.717) is 23.4 Å². The third kappa shape index (κ3) is 4.95. The minimum absolute atomic E-state index is 0.146. The van der Waals surface area contributed by atoms with Gasteiger partial charge in [0.05, 0.1) is 12.2 Å². The average molecular weight is 443 g/mol. The Morgan fingerprint density at radius 1 is 1.10 bits per heavy atom. The highest BCUT2D eigenvalue weighted by Crippen LogP contribution is 2.26. The molecule has 1 saturated heterocycles. The topological polar surface area (TPSA) is 100 Å². The van der Waals surface area contributed by atoms with E-state index in [4.69, 9.17) is 4.74 Å². The van der Waals surface area contributed by atoms with Crippen LogP contribution < -0.4 is 10.6 Å². The Labute approximate surface area is 182 Å². The van der Waals surface area contributed by atoms with Gasteiger partial charge in [-0.2, -0.15) is 8.42 Å². The summed E-state index contributed by atoms with van der Waals surface area (Å²) in [6.07, 6.45) is 0.400. The summed E-state index contributed by atoms with van der Waals surface area (Å²) in [7, 11) is -3.67. The van der Waals surface area contributed by atoms with Gasteiger partial charge in [-0.05, 0) is 50.2 Å². The number of ether oxygens (including phenoxy) is 1. The van der Waals surface area contributed by atoms with Crippen molar-refractivity contribution in [1.29, 1.82) is 0 Å². The second kappa shape index (κ2) is 8.78. The number of hydrogen-bond donors (Lipinski definition) is 2. The van der Waals surface area contributed by atoms with Crippen LogP contribution in [0.1, 0.15) is 29.8 Å². The van der Waals surface area contributed by atoms with Crippen LogP contribution >= 0.6 is 0 Å². The molecular weight excluding hydrogens is 416 g/mol. The first-order valence-corrected chi connectivity index (χ1v) is 11.7. The maximum absolute atomic E-state index is 12.4. The third-order valence-corrected chi connectivity index (χ3v) is 6.58. The van der Waals surface area contributed by atoms with Crippen molar-refractivity contribution in [2.24, 2.45) is 4.40 Å². The smallest absolute Gasteiger partial charge is 0.285 e. The van der Waals surface area contributed by atoms with E-state index in [9.17, 15) is 13.2 Å². The summed E-state index contributed by atoms with van der Waals surface area (Å²) < 4.78 is 33.9. The number of hydrogen-bond acceptors (Lipinski definition) is 6. The van der Waals surface area contributed by atoms with E-state index in [1.807, 2.05) is 0 Å². The molecule has 0 bridgehead atoms. The zero-order chi connectivity index (χ0) is 22.0. The van der Waals surface area contributed by atoms with Gasteiger partial charge in [0.2, 0.25) is 0 Å². The van der Waals surface area contributed by atoms with Crippen LogP contribution in [0, 0.1) is 0 Å². The van der Waals surface area contributed by atoms with Crippen molar-refractivity contribution in [3.05, 3.63) is 59.7 Å². The van der Waals surface area contributed by atoms with Crippen molar-refractivity contribution in [3.63, 3.8) is 0 Å². The highest BCUT2D eigenvalue weighted by molar-refractivity contribution is 7.90. The zero-order valence-corrected chi connectivity index (χ0v) is 18.4. The van der Waals surface area contributed by atoms with E-state index in [-0.39, 0.29) is 28.8 Å². The summed E-state index contributed by atoms with van der Waals surface area (Å²) in [5.41, 5.74) is 1.73. The van der Waals surface area contributed by atoms with Gasteiger partial charge in [0, 0.05) is 43.0 Å². The van der Waals surface area contributed by atoms with E-state index in [0.717, 1.165) is 19.6 Å². The number of rotatable bonds is 5. The molecule has 9 heteroatoms. The van der Waals surface area contributed by atoms with E-state index in [2.05, 4.69) is 33.8 Å². The van der Waals surface area contributed by atoms with Crippen LogP contribution in [0.3, 0.4) is 0 Å². The number of benzene rings is 2. The molecule has 2 heterocycles. The number of anilines is 1. The van der Waals surface area contributed by atoms with Crippen molar-refractivity contribution in [2.75, 3.05) is 31.5 Å². The molecule has 164 valence electrons. The van der Waals surface area contributed by atoms with Crippen molar-refractivity contribution < 1.29 is 17.9 Å². The summed E-state index contributed by atoms with van der Waals surface area (Å²) in [5.74, 6) is 0.133. The van der Waals surface area contributed by atoms with Gasteiger partial charge in [-0.3, -0.25) is 9.69 Å². The number of sulfonamides is 1. The van der Waals surface area contributed by atoms with Gasteiger partial charge in [0.15, 0.2) is 5.84 Å². The number of nitrogens with zero attached hydrogens (tertiary/aromatic N) is 2. The van der Waals surface area contributed by atoms with Crippen LogP contribution in [0.15, 0.2) is 57.8 Å². The molecule has 0 aliphatic carbocycles. The van der Waals surface area contributed by atoms with Crippen LogP contribution in [0.25, 0.3) is 0 Å². The second-order valence-electron chi connectivity index (χ2n) is 7.89. The molecule has 2 aromatic carbocycles. The Morgan fingerprint density at radius 3 is 2.48 bits per heavy atom. The first-order chi connectivity index (χ1) is 14.8. The fourth-order valence-corrected chi connectivity index (χ4v) is 5.11.